The second-order valence-electron chi connectivity index (χ2n) is 12.4. The first-order valence-electron chi connectivity index (χ1n) is 17.0. The lowest BCUT2D eigenvalue weighted by molar-refractivity contribution is -0.386. The monoisotopic (exact) mass is 820 g/mol. The molecule has 1 saturated heterocycles. The van der Waals surface area contributed by atoms with Gasteiger partial charge in [0.25, 0.3) is 0 Å². The predicted molar refractivity (Wildman–Crippen MR) is 200 cm³/mol. The third kappa shape index (κ3) is 9.59. The number of alkyl carbamates (subject to hydrolysis) is 1. The highest BCUT2D eigenvalue weighted by atomic mass is 79.9. The number of aliphatic carboxylic acids is 1. The van der Waals surface area contributed by atoms with Crippen LogP contribution in [0.3, 0.4) is 0 Å². The number of aliphatic hydroxyl groups is 1. The summed E-state index contributed by atoms with van der Waals surface area (Å²) in [4.78, 5) is 50.8. The lowest BCUT2D eigenvalue weighted by Crippen LogP contribution is -2.42. The van der Waals surface area contributed by atoms with Gasteiger partial charge in [-0.05, 0) is 39.7 Å². The lowest BCUT2D eigenvalue weighted by Gasteiger charge is -2.30. The summed E-state index contributed by atoms with van der Waals surface area (Å²) in [6, 6.07) is 17.6. The summed E-state index contributed by atoms with van der Waals surface area (Å²) in [7, 11) is 1.76. The minimum Gasteiger partial charge on any atom is -0.479 e. The molecule has 1 amide bonds. The molecule has 0 spiro atoms. The Balaban J connectivity index is 1.05. The fraction of sp³-hybridized carbons (Fsp3) is 0.314. The number of nitrogens with zero attached hydrogens (tertiary/aromatic N) is 7. The van der Waals surface area contributed by atoms with Gasteiger partial charge >= 0.3 is 17.7 Å². The molecule has 2 aromatic carbocycles. The number of pyridine rings is 1. The Morgan fingerprint density at radius 3 is 2.69 bits per heavy atom. The maximum Gasteiger partial charge on any atom is 0.407 e. The van der Waals surface area contributed by atoms with Gasteiger partial charge in [0.1, 0.15) is 6.10 Å². The topological polar surface area (TPSA) is 255 Å². The van der Waals surface area contributed by atoms with Crippen LogP contribution in [0.15, 0.2) is 77.5 Å². The number of aliphatic hydroxyl groups excluding tert-OH is 1. The van der Waals surface area contributed by atoms with Gasteiger partial charge in [0.2, 0.25) is 18.2 Å². The van der Waals surface area contributed by atoms with Crippen molar-refractivity contribution in [1.82, 2.24) is 29.9 Å². The second kappa shape index (κ2) is 17.5. The third-order valence-corrected chi connectivity index (χ3v) is 9.11. The number of nitro groups is 1. The van der Waals surface area contributed by atoms with Gasteiger partial charge in [-0.25, -0.2) is 9.59 Å². The first-order chi connectivity index (χ1) is 26.5. The maximum absolute atomic E-state index is 12.8. The van der Waals surface area contributed by atoms with Gasteiger partial charge in [0.05, 0.1) is 27.4 Å². The molecule has 4 heterocycles. The van der Waals surface area contributed by atoms with Crippen LogP contribution in [0, 0.1) is 10.1 Å². The first-order valence-corrected chi connectivity index (χ1v) is 17.8. The molecule has 55 heavy (non-hydrogen) atoms. The largest absolute Gasteiger partial charge is 0.479 e. The summed E-state index contributed by atoms with van der Waals surface area (Å²) in [6.45, 7) is 0.651. The van der Waals surface area contributed by atoms with E-state index in [4.69, 9.17) is 19.9 Å². The zero-order valence-corrected chi connectivity index (χ0v) is 30.9. The van der Waals surface area contributed by atoms with E-state index >= 15 is 0 Å². The van der Waals surface area contributed by atoms with Crippen molar-refractivity contribution in [2.24, 2.45) is 5.73 Å². The Kier molecular flexibility index (Phi) is 12.3. The number of nitrogens with two attached hydrogens (primary N) is 1. The van der Waals surface area contributed by atoms with Gasteiger partial charge in [0.15, 0.2) is 17.5 Å². The van der Waals surface area contributed by atoms with Gasteiger partial charge in [-0.2, -0.15) is 19.6 Å². The zero-order valence-electron chi connectivity index (χ0n) is 29.3. The van der Waals surface area contributed by atoms with Crippen molar-refractivity contribution in [3.8, 4) is 17.0 Å². The van der Waals surface area contributed by atoms with Crippen molar-refractivity contribution in [3.63, 3.8) is 0 Å². The van der Waals surface area contributed by atoms with Crippen LogP contribution in [0.4, 0.5) is 22.4 Å². The Labute approximate surface area is 321 Å². The molecule has 4 atom stereocenters. The predicted octanol–water partition coefficient (Wildman–Crippen LogP) is 3.66. The highest BCUT2D eigenvalue weighted by Gasteiger charge is 2.35. The van der Waals surface area contributed by atoms with E-state index < -0.39 is 47.3 Å². The number of halogens is 1. The van der Waals surface area contributed by atoms with Crippen molar-refractivity contribution in [3.05, 3.63) is 98.8 Å². The molecule has 0 unspecified atom stereocenters. The van der Waals surface area contributed by atoms with E-state index in [9.17, 15) is 29.9 Å². The highest BCUT2D eigenvalue weighted by Crippen LogP contribution is 2.34. The Morgan fingerprint density at radius 1 is 1.18 bits per heavy atom. The Bertz CT molecular complexity index is 2140. The van der Waals surface area contributed by atoms with Crippen LogP contribution in [-0.4, -0.2) is 96.9 Å². The van der Waals surface area contributed by atoms with E-state index in [1.165, 1.54) is 12.1 Å². The quantitative estimate of drug-likeness (QED) is 0.0746. The van der Waals surface area contributed by atoms with E-state index in [-0.39, 0.29) is 43.8 Å². The highest BCUT2D eigenvalue weighted by molar-refractivity contribution is 9.10. The smallest absolute Gasteiger partial charge is 0.407 e. The molecule has 20 heteroatoms. The molecule has 0 radical (unpaired) electrons. The summed E-state index contributed by atoms with van der Waals surface area (Å²) in [5.74, 6) is -0.709. The number of rotatable bonds is 15. The summed E-state index contributed by atoms with van der Waals surface area (Å²) >= 11 is 3.49. The molecular formula is C35H37BrN10O9. The fourth-order valence-corrected chi connectivity index (χ4v) is 6.04. The average molecular weight is 822 g/mol. The van der Waals surface area contributed by atoms with Crippen molar-refractivity contribution in [2.75, 3.05) is 36.9 Å². The normalized spacial score (nSPS) is 17.3. The van der Waals surface area contributed by atoms with E-state index in [0.717, 1.165) is 22.9 Å². The minimum atomic E-state index is -1.33. The number of anilines is 2. The molecule has 6 rings (SSSR count). The summed E-state index contributed by atoms with van der Waals surface area (Å²) in [5, 5.41) is 41.6. The standard InChI is InChI=1S/C35H37BrN10O9/c1-44(34-42-31-24(36)19-41-45(31)33(43-34)40-18-20-5-7-21(8-6-20)25-4-2-3-11-38-25)13-12-39-35(50)55-29(17-37)22-9-10-27(26(14-22)46(51)52)53-30-16-23(47)15-28(54-30)32(48)49/h2-11,14,19,23,28-30,47H,12-13,15-18,37H2,1H3,(H,39,50)(H,48,49)(H,40,42,43)/t23-,28-,29+,30+/m0/s1. The number of nitro benzene ring substituents is 1. The number of carboxylic acid groups (broad SMARTS) is 1. The Morgan fingerprint density at radius 2 is 1.98 bits per heavy atom. The molecule has 1 aliphatic heterocycles. The van der Waals surface area contributed by atoms with Gasteiger partial charge < -0.3 is 45.7 Å². The van der Waals surface area contributed by atoms with E-state index in [2.05, 4.69) is 46.6 Å². The SMILES string of the molecule is CN(CCNC(=O)O[C@H](CN)c1ccc(O[C@H]2C[C@@H](O)C[C@@H](C(=O)O)O2)c([N+](=O)[O-])c1)c1nc(NCc2ccc(-c3ccccn3)cc2)n2ncc(Br)c2n1. The van der Waals surface area contributed by atoms with Crippen LogP contribution in [0.1, 0.15) is 30.1 Å². The molecule has 1 fully saturated rings. The van der Waals surface area contributed by atoms with Crippen molar-refractivity contribution in [1.29, 1.82) is 0 Å². The van der Waals surface area contributed by atoms with Crippen LogP contribution in [0.25, 0.3) is 16.9 Å². The number of hydrogen-bond acceptors (Lipinski definition) is 15. The number of aromatic nitrogens is 5. The number of carbonyl (C=O) groups is 2. The molecule has 3 aromatic heterocycles. The van der Waals surface area contributed by atoms with Gasteiger partial charge in [-0.3, -0.25) is 15.1 Å². The summed E-state index contributed by atoms with van der Waals surface area (Å²) in [6.07, 6.45) is -2.33. The maximum atomic E-state index is 12.8. The summed E-state index contributed by atoms with van der Waals surface area (Å²) in [5.41, 5.74) is 9.03. The first kappa shape index (κ1) is 38.8. The molecule has 0 bridgehead atoms. The number of carbonyl (C=O) groups excluding carboxylic acids is 1. The van der Waals surface area contributed by atoms with Crippen molar-refractivity contribution < 1.29 is 38.9 Å². The number of carboxylic acids is 1. The van der Waals surface area contributed by atoms with Crippen LogP contribution < -0.4 is 26.0 Å². The van der Waals surface area contributed by atoms with Gasteiger partial charge in [0, 0.05) is 69.5 Å². The number of ether oxygens (including phenoxy) is 3. The van der Waals surface area contributed by atoms with Crippen LogP contribution in [0.2, 0.25) is 0 Å². The number of likely N-dealkylation sites (N-methyl/N-ethyl adjacent to an activating group) is 1. The average Bonchev–Trinajstić information content (AvgIpc) is 3.56. The van der Waals surface area contributed by atoms with E-state index in [1.807, 2.05) is 42.5 Å². The van der Waals surface area contributed by atoms with Gasteiger partial charge in [-0.1, -0.05) is 36.4 Å². The number of hydrogen-bond donors (Lipinski definition) is 5. The second-order valence-corrected chi connectivity index (χ2v) is 13.3. The summed E-state index contributed by atoms with van der Waals surface area (Å²) < 4.78 is 18.7. The van der Waals surface area contributed by atoms with E-state index in [1.54, 1.807) is 28.9 Å². The number of nitrogens with one attached hydrogen (secondary N) is 2. The Hall–Kier alpha value is -5.96. The molecule has 19 nitrogen and oxygen atoms in total. The van der Waals surface area contributed by atoms with E-state index in [0.29, 0.717) is 28.6 Å². The fourth-order valence-electron chi connectivity index (χ4n) is 5.69. The molecule has 5 aromatic rings. The molecule has 288 valence electrons. The number of amides is 1. The minimum absolute atomic E-state index is 0.0875. The molecule has 0 aliphatic carbocycles. The molecule has 6 N–H and O–H groups in total. The molecule has 1 aliphatic rings. The van der Waals surface area contributed by atoms with Crippen molar-refractivity contribution in [2.45, 2.75) is 44.0 Å². The van der Waals surface area contributed by atoms with Crippen LogP contribution in [-0.2, 0) is 20.8 Å². The molecular weight excluding hydrogens is 784 g/mol. The van der Waals surface area contributed by atoms with Crippen LogP contribution >= 0.6 is 15.9 Å². The number of fused-ring (bicyclic) bond motifs is 1. The third-order valence-electron chi connectivity index (χ3n) is 8.55. The number of benzene rings is 2. The molecule has 0 saturated carbocycles. The van der Waals surface area contributed by atoms with Crippen LogP contribution in [0.5, 0.6) is 5.75 Å². The van der Waals surface area contributed by atoms with Crippen molar-refractivity contribution >= 4 is 51.2 Å². The lowest BCUT2D eigenvalue weighted by atomic mass is 10.1. The zero-order chi connectivity index (χ0) is 39.1. The van der Waals surface area contributed by atoms with Gasteiger partial charge in [-0.15, -0.1) is 0 Å².